The number of rotatable bonds is 7. The van der Waals surface area contributed by atoms with E-state index in [1.807, 2.05) is 12.1 Å². The Morgan fingerprint density at radius 1 is 1.30 bits per heavy atom. The fourth-order valence-corrected chi connectivity index (χ4v) is 2.27. The zero-order chi connectivity index (χ0) is 14.2. The van der Waals surface area contributed by atoms with Crippen LogP contribution in [0.5, 0.6) is 0 Å². The number of nitrogens with zero attached hydrogens (tertiary/aromatic N) is 4. The molecule has 0 atom stereocenters. The van der Waals surface area contributed by atoms with Gasteiger partial charge in [-0.1, -0.05) is 6.92 Å². The molecule has 0 fully saturated rings. The molecule has 7 heteroatoms. The van der Waals surface area contributed by atoms with E-state index in [9.17, 15) is 0 Å². The quantitative estimate of drug-likeness (QED) is 0.785. The molecule has 6 nitrogen and oxygen atoms in total. The Hall–Kier alpha value is -1.73. The molecule has 106 valence electrons. The minimum atomic E-state index is 0.388. The highest BCUT2D eigenvalue weighted by Gasteiger charge is 2.07. The van der Waals surface area contributed by atoms with Gasteiger partial charge in [0.15, 0.2) is 5.82 Å². The SMILES string of the molecule is CCCNc1cc(Sc2ccncn2)nc(COC)n1. The van der Waals surface area contributed by atoms with Crippen LogP contribution in [0, 0.1) is 0 Å². The third-order valence-electron chi connectivity index (χ3n) is 2.34. The predicted octanol–water partition coefficient (Wildman–Crippen LogP) is 2.39. The summed E-state index contributed by atoms with van der Waals surface area (Å²) in [6.07, 6.45) is 4.27. The van der Waals surface area contributed by atoms with Crippen LogP contribution in [0.2, 0.25) is 0 Å². The van der Waals surface area contributed by atoms with Crippen LogP contribution in [0.1, 0.15) is 19.2 Å². The average Bonchev–Trinajstić information content (AvgIpc) is 2.46. The highest BCUT2D eigenvalue weighted by molar-refractivity contribution is 7.99. The Morgan fingerprint density at radius 3 is 2.90 bits per heavy atom. The van der Waals surface area contributed by atoms with Gasteiger partial charge in [0.2, 0.25) is 0 Å². The van der Waals surface area contributed by atoms with E-state index in [1.54, 1.807) is 13.3 Å². The van der Waals surface area contributed by atoms with Gasteiger partial charge < -0.3 is 10.1 Å². The number of hydrogen-bond donors (Lipinski definition) is 1. The largest absolute Gasteiger partial charge is 0.377 e. The molecule has 0 bridgehead atoms. The second kappa shape index (κ2) is 7.76. The van der Waals surface area contributed by atoms with E-state index in [4.69, 9.17) is 4.74 Å². The molecule has 0 aliphatic rings. The summed E-state index contributed by atoms with van der Waals surface area (Å²) in [5, 5.41) is 4.95. The van der Waals surface area contributed by atoms with E-state index >= 15 is 0 Å². The molecule has 0 aliphatic heterocycles. The van der Waals surface area contributed by atoms with Gasteiger partial charge in [-0.05, 0) is 24.2 Å². The fraction of sp³-hybridized carbons (Fsp3) is 0.385. The summed E-state index contributed by atoms with van der Waals surface area (Å²) in [5.74, 6) is 1.47. The molecule has 0 aromatic carbocycles. The van der Waals surface area contributed by atoms with Gasteiger partial charge in [-0.25, -0.2) is 19.9 Å². The zero-order valence-corrected chi connectivity index (χ0v) is 12.4. The Morgan fingerprint density at radius 2 is 2.20 bits per heavy atom. The van der Waals surface area contributed by atoms with E-state index in [0.29, 0.717) is 12.4 Å². The van der Waals surface area contributed by atoms with Crippen molar-refractivity contribution in [3.05, 3.63) is 30.5 Å². The first kappa shape index (κ1) is 14.7. The van der Waals surface area contributed by atoms with Crippen LogP contribution < -0.4 is 5.32 Å². The predicted molar refractivity (Wildman–Crippen MR) is 77.7 cm³/mol. The highest BCUT2D eigenvalue weighted by atomic mass is 32.2. The monoisotopic (exact) mass is 291 g/mol. The van der Waals surface area contributed by atoms with Crippen LogP contribution in [0.3, 0.4) is 0 Å². The smallest absolute Gasteiger partial charge is 0.157 e. The van der Waals surface area contributed by atoms with Crippen molar-refractivity contribution in [3.63, 3.8) is 0 Å². The summed E-state index contributed by atoms with van der Waals surface area (Å²) in [4.78, 5) is 16.9. The van der Waals surface area contributed by atoms with Crippen molar-refractivity contribution >= 4 is 17.6 Å². The lowest BCUT2D eigenvalue weighted by Crippen LogP contribution is -2.06. The van der Waals surface area contributed by atoms with Crippen molar-refractivity contribution in [2.24, 2.45) is 0 Å². The Labute approximate surface area is 122 Å². The summed E-state index contributed by atoms with van der Waals surface area (Å²) < 4.78 is 5.10. The van der Waals surface area contributed by atoms with Crippen molar-refractivity contribution < 1.29 is 4.74 Å². The molecule has 0 radical (unpaired) electrons. The molecule has 0 spiro atoms. The van der Waals surface area contributed by atoms with Crippen LogP contribution >= 0.6 is 11.8 Å². The summed E-state index contributed by atoms with van der Waals surface area (Å²) in [7, 11) is 1.63. The number of nitrogens with one attached hydrogen (secondary N) is 1. The summed E-state index contributed by atoms with van der Waals surface area (Å²) in [5.41, 5.74) is 0. The van der Waals surface area contributed by atoms with Gasteiger partial charge in [-0.3, -0.25) is 0 Å². The molecule has 1 N–H and O–H groups in total. The maximum absolute atomic E-state index is 5.10. The number of anilines is 1. The number of hydrogen-bond acceptors (Lipinski definition) is 7. The highest BCUT2D eigenvalue weighted by Crippen LogP contribution is 2.25. The second-order valence-electron chi connectivity index (χ2n) is 4.02. The van der Waals surface area contributed by atoms with Gasteiger partial charge in [0.25, 0.3) is 0 Å². The van der Waals surface area contributed by atoms with Crippen molar-refractivity contribution in [2.45, 2.75) is 30.0 Å². The van der Waals surface area contributed by atoms with Gasteiger partial charge in [0, 0.05) is 25.9 Å². The topological polar surface area (TPSA) is 72.8 Å². The minimum Gasteiger partial charge on any atom is -0.377 e. The maximum Gasteiger partial charge on any atom is 0.157 e. The van der Waals surface area contributed by atoms with E-state index < -0.39 is 0 Å². The Bertz CT molecular complexity index is 538. The van der Waals surface area contributed by atoms with Gasteiger partial charge in [0.1, 0.15) is 28.8 Å². The summed E-state index contributed by atoms with van der Waals surface area (Å²) >= 11 is 1.48. The van der Waals surface area contributed by atoms with Gasteiger partial charge in [-0.15, -0.1) is 0 Å². The second-order valence-corrected chi connectivity index (χ2v) is 5.06. The molecule has 2 aromatic heterocycles. The van der Waals surface area contributed by atoms with Gasteiger partial charge >= 0.3 is 0 Å². The molecule has 20 heavy (non-hydrogen) atoms. The van der Waals surface area contributed by atoms with Crippen LogP contribution in [0.15, 0.2) is 34.7 Å². The first-order valence-corrected chi connectivity index (χ1v) is 7.18. The Balaban J connectivity index is 2.19. The number of aromatic nitrogens is 4. The van der Waals surface area contributed by atoms with Crippen LogP contribution in [-0.2, 0) is 11.3 Å². The first-order valence-electron chi connectivity index (χ1n) is 6.36. The molecule has 0 saturated heterocycles. The number of methoxy groups -OCH3 is 1. The minimum absolute atomic E-state index is 0.388. The molecule has 0 amide bonds. The van der Waals surface area contributed by atoms with Crippen molar-refractivity contribution in [1.82, 2.24) is 19.9 Å². The standard InChI is InChI=1S/C13H17N5OS/c1-3-5-15-10-7-13(18-11(17-10)8-19-2)20-12-4-6-14-9-16-12/h4,6-7,9H,3,5,8H2,1-2H3,(H,15,17,18). The van der Waals surface area contributed by atoms with Crippen molar-refractivity contribution in [2.75, 3.05) is 19.0 Å². The van der Waals surface area contributed by atoms with E-state index in [1.165, 1.54) is 18.1 Å². The molecule has 0 saturated carbocycles. The van der Waals surface area contributed by atoms with E-state index in [0.717, 1.165) is 28.8 Å². The lowest BCUT2D eigenvalue weighted by atomic mass is 10.4. The zero-order valence-electron chi connectivity index (χ0n) is 11.5. The average molecular weight is 291 g/mol. The van der Waals surface area contributed by atoms with E-state index in [2.05, 4.69) is 32.2 Å². The van der Waals surface area contributed by atoms with E-state index in [-0.39, 0.29) is 0 Å². The maximum atomic E-state index is 5.10. The Kier molecular flexibility index (Phi) is 5.69. The third-order valence-corrected chi connectivity index (χ3v) is 3.21. The van der Waals surface area contributed by atoms with Crippen LogP contribution in [0.4, 0.5) is 5.82 Å². The molecule has 2 aromatic rings. The van der Waals surface area contributed by atoms with Gasteiger partial charge in [0.05, 0.1) is 0 Å². The normalized spacial score (nSPS) is 10.5. The molecular weight excluding hydrogens is 274 g/mol. The molecular formula is C13H17N5OS. The molecule has 0 unspecified atom stereocenters. The molecule has 0 aliphatic carbocycles. The van der Waals surface area contributed by atoms with Gasteiger partial charge in [-0.2, -0.15) is 0 Å². The number of ether oxygens (including phenoxy) is 1. The van der Waals surface area contributed by atoms with Crippen molar-refractivity contribution in [3.8, 4) is 0 Å². The van der Waals surface area contributed by atoms with Crippen molar-refractivity contribution in [1.29, 1.82) is 0 Å². The first-order chi connectivity index (χ1) is 9.81. The summed E-state index contributed by atoms with van der Waals surface area (Å²) in [6, 6.07) is 3.77. The third kappa shape index (κ3) is 4.43. The summed E-state index contributed by atoms with van der Waals surface area (Å²) in [6.45, 7) is 3.38. The molecule has 2 rings (SSSR count). The fourth-order valence-electron chi connectivity index (χ4n) is 1.51. The molecule has 2 heterocycles. The lowest BCUT2D eigenvalue weighted by Gasteiger charge is -2.08. The van der Waals surface area contributed by atoms with Crippen LogP contribution in [0.25, 0.3) is 0 Å². The lowest BCUT2D eigenvalue weighted by molar-refractivity contribution is 0.177. The van der Waals surface area contributed by atoms with Crippen LogP contribution in [-0.4, -0.2) is 33.6 Å².